The van der Waals surface area contributed by atoms with Crippen molar-refractivity contribution in [3.05, 3.63) is 70.6 Å². The Morgan fingerprint density at radius 2 is 1.79 bits per heavy atom. The minimum absolute atomic E-state index is 0.0491. The van der Waals surface area contributed by atoms with Gasteiger partial charge >= 0.3 is 0 Å². The van der Waals surface area contributed by atoms with Crippen LogP contribution in [0.25, 0.3) is 10.9 Å². The highest BCUT2D eigenvalue weighted by molar-refractivity contribution is 6.35. The quantitative estimate of drug-likeness (QED) is 0.729. The van der Waals surface area contributed by atoms with Crippen molar-refractivity contribution in [3.8, 4) is 0 Å². The molecule has 3 nitrogen and oxygen atoms in total. The van der Waals surface area contributed by atoms with E-state index in [0.717, 1.165) is 12.1 Å². The Kier molecular flexibility index (Phi) is 4.59. The van der Waals surface area contributed by atoms with Gasteiger partial charge in [-0.2, -0.15) is 0 Å². The molecule has 24 heavy (non-hydrogen) atoms. The number of aromatic nitrogens is 1. The van der Waals surface area contributed by atoms with Gasteiger partial charge in [-0.15, -0.1) is 0 Å². The third-order valence-electron chi connectivity index (χ3n) is 3.62. The highest BCUT2D eigenvalue weighted by atomic mass is 35.5. The number of hydrogen-bond donors (Lipinski definition) is 2. The van der Waals surface area contributed by atoms with Gasteiger partial charge in [0.25, 0.3) is 0 Å². The summed E-state index contributed by atoms with van der Waals surface area (Å²) in [6, 6.07) is 7.84. The molecule has 0 aliphatic carbocycles. The molecule has 0 spiro atoms. The van der Waals surface area contributed by atoms with E-state index in [2.05, 4.69) is 10.3 Å². The maximum absolute atomic E-state index is 14.4. The summed E-state index contributed by atoms with van der Waals surface area (Å²) >= 11 is 5.97. The lowest BCUT2D eigenvalue weighted by molar-refractivity contribution is 0.181. The van der Waals surface area contributed by atoms with Crippen molar-refractivity contribution < 1.29 is 18.3 Å². The molecule has 124 valence electrons. The number of aliphatic hydroxyl groups excluding tert-OH is 1. The van der Waals surface area contributed by atoms with E-state index in [0.29, 0.717) is 10.4 Å². The molecule has 0 amide bonds. The van der Waals surface area contributed by atoms with Gasteiger partial charge in [-0.3, -0.25) is 4.98 Å². The molecule has 0 bridgehead atoms. The fraction of sp³-hybridized carbons (Fsp3) is 0.118. The van der Waals surface area contributed by atoms with Crippen LogP contribution in [0.5, 0.6) is 0 Å². The summed E-state index contributed by atoms with van der Waals surface area (Å²) in [5.41, 5.74) is -0.348. The van der Waals surface area contributed by atoms with Crippen molar-refractivity contribution in [2.24, 2.45) is 0 Å². The predicted octanol–water partition coefficient (Wildman–Crippen LogP) is 4.45. The number of nitrogens with one attached hydrogen (secondary N) is 1. The van der Waals surface area contributed by atoms with Gasteiger partial charge in [0.2, 0.25) is 0 Å². The molecule has 1 aromatic heterocycles. The van der Waals surface area contributed by atoms with E-state index < -0.39 is 29.1 Å². The van der Waals surface area contributed by atoms with Gasteiger partial charge in [0.05, 0.1) is 16.3 Å². The van der Waals surface area contributed by atoms with Crippen molar-refractivity contribution in [2.75, 3.05) is 11.9 Å². The van der Waals surface area contributed by atoms with E-state index in [4.69, 9.17) is 11.6 Å². The number of anilines is 1. The van der Waals surface area contributed by atoms with Crippen LogP contribution in [0, 0.1) is 17.5 Å². The first-order valence-corrected chi connectivity index (χ1v) is 7.45. The molecule has 0 aliphatic rings. The highest BCUT2D eigenvalue weighted by Gasteiger charge is 2.18. The maximum Gasteiger partial charge on any atom is 0.172 e. The molecule has 1 heterocycles. The van der Waals surface area contributed by atoms with Gasteiger partial charge in [-0.05, 0) is 30.3 Å². The van der Waals surface area contributed by atoms with Gasteiger partial charge in [-0.25, -0.2) is 13.2 Å². The Morgan fingerprint density at radius 3 is 2.50 bits per heavy atom. The Labute approximate surface area is 140 Å². The zero-order valence-electron chi connectivity index (χ0n) is 12.2. The third kappa shape index (κ3) is 3.02. The topological polar surface area (TPSA) is 45.1 Å². The van der Waals surface area contributed by atoms with Crippen molar-refractivity contribution in [3.63, 3.8) is 0 Å². The van der Waals surface area contributed by atoms with E-state index >= 15 is 0 Å². The van der Waals surface area contributed by atoms with Crippen molar-refractivity contribution in [1.29, 1.82) is 0 Å². The number of benzene rings is 2. The Morgan fingerprint density at radius 1 is 1.08 bits per heavy atom. The van der Waals surface area contributed by atoms with E-state index in [-0.39, 0.29) is 17.7 Å². The van der Waals surface area contributed by atoms with E-state index in [1.54, 1.807) is 12.1 Å². The summed E-state index contributed by atoms with van der Waals surface area (Å²) < 4.78 is 41.7. The molecular formula is C17H12ClF3N2O. The summed E-state index contributed by atoms with van der Waals surface area (Å²) in [4.78, 5) is 3.93. The van der Waals surface area contributed by atoms with E-state index in [1.165, 1.54) is 18.3 Å². The summed E-state index contributed by atoms with van der Waals surface area (Å²) in [6.07, 6.45) is -0.102. The molecule has 3 aromatic rings. The van der Waals surface area contributed by atoms with Gasteiger partial charge in [-0.1, -0.05) is 17.7 Å². The average Bonchev–Trinajstić information content (AvgIpc) is 2.55. The third-order valence-corrected chi connectivity index (χ3v) is 3.95. The van der Waals surface area contributed by atoms with Crippen LogP contribution in [0.2, 0.25) is 5.02 Å². The van der Waals surface area contributed by atoms with Gasteiger partial charge < -0.3 is 10.4 Å². The smallest absolute Gasteiger partial charge is 0.172 e. The zero-order valence-corrected chi connectivity index (χ0v) is 13.0. The largest absolute Gasteiger partial charge is 0.386 e. The molecule has 2 aromatic carbocycles. The molecule has 3 rings (SSSR count). The first-order valence-electron chi connectivity index (χ1n) is 7.07. The number of fused-ring (bicyclic) bond motifs is 1. The molecule has 0 fully saturated rings. The predicted molar refractivity (Wildman–Crippen MR) is 86.5 cm³/mol. The van der Waals surface area contributed by atoms with Crippen molar-refractivity contribution in [1.82, 2.24) is 4.98 Å². The Bertz CT molecular complexity index is 884. The van der Waals surface area contributed by atoms with Crippen LogP contribution in [-0.4, -0.2) is 16.6 Å². The van der Waals surface area contributed by atoms with Crippen molar-refractivity contribution >= 4 is 28.2 Å². The first kappa shape index (κ1) is 16.5. The monoisotopic (exact) mass is 352 g/mol. The molecule has 2 N–H and O–H groups in total. The Hall–Kier alpha value is -2.31. The summed E-state index contributed by atoms with van der Waals surface area (Å²) in [5.74, 6) is -2.38. The maximum atomic E-state index is 14.4. The summed E-state index contributed by atoms with van der Waals surface area (Å²) in [7, 11) is 0. The molecule has 1 unspecified atom stereocenters. The van der Waals surface area contributed by atoms with Gasteiger partial charge in [0.1, 0.15) is 23.3 Å². The standard InChI is InChI=1S/C17H12ClF3N2O/c18-10-6-7-22-17-9(10)4-5-13(16(17)21)23-8-14(24)15-11(19)2-1-3-12(15)20/h1-7,14,23-24H,8H2. The van der Waals surface area contributed by atoms with Crippen LogP contribution in [0.3, 0.4) is 0 Å². The molecule has 0 aliphatic heterocycles. The van der Waals surface area contributed by atoms with Crippen molar-refractivity contribution in [2.45, 2.75) is 6.10 Å². The number of aliphatic hydroxyl groups is 1. The number of pyridine rings is 1. The SMILES string of the molecule is OC(CNc1ccc2c(Cl)ccnc2c1F)c1c(F)cccc1F. The Balaban J connectivity index is 1.85. The molecule has 0 saturated carbocycles. The first-order chi connectivity index (χ1) is 11.5. The molecular weight excluding hydrogens is 341 g/mol. The van der Waals surface area contributed by atoms with Gasteiger partial charge in [0.15, 0.2) is 5.82 Å². The average molecular weight is 353 g/mol. The minimum atomic E-state index is -1.48. The zero-order chi connectivity index (χ0) is 17.3. The second-order valence-corrected chi connectivity index (χ2v) is 5.56. The van der Waals surface area contributed by atoms with Crippen LogP contribution in [0.4, 0.5) is 18.9 Å². The highest BCUT2D eigenvalue weighted by Crippen LogP contribution is 2.28. The lowest BCUT2D eigenvalue weighted by Crippen LogP contribution is -2.15. The van der Waals surface area contributed by atoms with Gasteiger partial charge in [0, 0.05) is 18.1 Å². The van der Waals surface area contributed by atoms with E-state index in [1.807, 2.05) is 0 Å². The molecule has 7 heteroatoms. The lowest BCUT2D eigenvalue weighted by Gasteiger charge is -2.15. The van der Waals surface area contributed by atoms with E-state index in [9.17, 15) is 18.3 Å². The minimum Gasteiger partial charge on any atom is -0.386 e. The second kappa shape index (κ2) is 6.67. The number of rotatable bonds is 4. The van der Waals surface area contributed by atoms with Crippen LogP contribution in [-0.2, 0) is 0 Å². The van der Waals surface area contributed by atoms with Crippen LogP contribution in [0.1, 0.15) is 11.7 Å². The van der Waals surface area contributed by atoms with Crippen LogP contribution < -0.4 is 5.32 Å². The fourth-order valence-electron chi connectivity index (χ4n) is 2.42. The molecule has 1 atom stereocenters. The number of hydrogen-bond acceptors (Lipinski definition) is 3. The van der Waals surface area contributed by atoms with Crippen LogP contribution >= 0.6 is 11.6 Å². The second-order valence-electron chi connectivity index (χ2n) is 5.15. The number of halogens is 4. The molecule has 0 saturated heterocycles. The summed E-state index contributed by atoms with van der Waals surface area (Å²) in [6.45, 7) is -0.277. The normalized spacial score (nSPS) is 12.4. The molecule has 0 radical (unpaired) electrons. The van der Waals surface area contributed by atoms with Crippen LogP contribution in [0.15, 0.2) is 42.6 Å². The fourth-order valence-corrected chi connectivity index (χ4v) is 2.63. The summed E-state index contributed by atoms with van der Waals surface area (Å²) in [5, 5.41) is 13.4. The number of nitrogens with zero attached hydrogens (tertiary/aromatic N) is 1. The lowest BCUT2D eigenvalue weighted by atomic mass is 10.1.